The van der Waals surface area contributed by atoms with Crippen molar-refractivity contribution >= 4 is 32.1 Å². The highest BCUT2D eigenvalue weighted by Gasteiger charge is 2.33. The molecule has 14 heteroatoms. The number of anilines is 2. The molecule has 2 aromatic carbocycles. The summed E-state index contributed by atoms with van der Waals surface area (Å²) in [6.07, 6.45) is -6.99. The van der Waals surface area contributed by atoms with Gasteiger partial charge in [-0.1, -0.05) is 12.0 Å². The second-order valence-electron chi connectivity index (χ2n) is 9.82. The minimum absolute atomic E-state index is 0.0796. The zero-order chi connectivity index (χ0) is 30.0. The summed E-state index contributed by atoms with van der Waals surface area (Å²) in [5, 5.41) is 6.63. The molecule has 0 radical (unpaired) electrons. The predicted octanol–water partition coefficient (Wildman–Crippen LogP) is 5.48. The van der Waals surface area contributed by atoms with Crippen LogP contribution in [-0.4, -0.2) is 69.4 Å². The number of benzene rings is 2. The van der Waals surface area contributed by atoms with Crippen LogP contribution in [0.25, 0.3) is 10.9 Å². The average Bonchev–Trinajstić information content (AvgIpc) is 3.19. The quantitative estimate of drug-likeness (QED) is 0.276. The Morgan fingerprint density at radius 3 is 2.37 bits per heavy atom. The molecule has 2 heterocycles. The van der Waals surface area contributed by atoms with Crippen molar-refractivity contribution in [2.24, 2.45) is 0 Å². The van der Waals surface area contributed by atoms with Crippen LogP contribution in [-0.2, 0) is 16.4 Å². The number of hydrogen-bond donors (Lipinski definition) is 2. The largest absolute Gasteiger partial charge is 0.573 e. The highest BCUT2D eigenvalue weighted by Crippen LogP contribution is 2.33. The van der Waals surface area contributed by atoms with Crippen LogP contribution in [0.1, 0.15) is 18.5 Å². The monoisotopic (exact) mass is 602 g/mol. The van der Waals surface area contributed by atoms with Crippen LogP contribution < -0.4 is 15.4 Å². The maximum Gasteiger partial charge on any atom is 0.573 e. The predicted molar refractivity (Wildman–Crippen MR) is 144 cm³/mol. The van der Waals surface area contributed by atoms with E-state index < -0.39 is 34.7 Å². The summed E-state index contributed by atoms with van der Waals surface area (Å²) >= 11 is 0. The molecule has 0 spiro atoms. The lowest BCUT2D eigenvalue weighted by molar-refractivity contribution is -0.274. The summed E-state index contributed by atoms with van der Waals surface area (Å²) < 4.78 is 108. The normalized spacial score (nSPS) is 15.4. The molecule has 4 rings (SSSR count). The van der Waals surface area contributed by atoms with Crippen molar-refractivity contribution < 1.29 is 39.5 Å². The minimum atomic E-state index is -5.09. The number of alkyl halides is 6. The summed E-state index contributed by atoms with van der Waals surface area (Å²) in [4.78, 5) is 1.83. The maximum atomic E-state index is 13.5. The molecule has 2 N–H and O–H groups in total. The summed E-state index contributed by atoms with van der Waals surface area (Å²) in [7, 11) is -1.78. The van der Waals surface area contributed by atoms with Gasteiger partial charge in [0.1, 0.15) is 6.54 Å². The number of sulfone groups is 1. The third-order valence-corrected chi connectivity index (χ3v) is 7.66. The number of nitrogens with one attached hydrogen (secondary N) is 2. The maximum absolute atomic E-state index is 13.5. The van der Waals surface area contributed by atoms with Gasteiger partial charge in [-0.2, -0.15) is 13.2 Å². The molecule has 0 amide bonds. The van der Waals surface area contributed by atoms with Gasteiger partial charge >= 0.3 is 12.5 Å². The topological polar surface area (TPSA) is 75.6 Å². The van der Waals surface area contributed by atoms with E-state index in [4.69, 9.17) is 0 Å². The standard InChI is InChI=1S/C27H28F6N4O3S/c1-36-13-10-18(11-14-36)35-22-6-3-7-24-21(22)15-19(37(24)17-26(28,29)30)5-4-12-34-23-9-8-20(41(2,38)39)16-25(23)40-27(31,32)33/h3,6-9,15-16,18,34-35H,10-14,17H2,1-2H3. The molecule has 0 unspecified atom stereocenters. The SMILES string of the molecule is CN1CCC(Nc2cccc3c2cc(C#CCNc2ccc(S(C)(=O)=O)cc2OC(F)(F)F)n3CC(F)(F)F)CC1. The van der Waals surface area contributed by atoms with Gasteiger partial charge in [-0.05, 0) is 69.2 Å². The summed E-state index contributed by atoms with van der Waals surface area (Å²) in [5.74, 6) is 4.56. The molecule has 1 fully saturated rings. The van der Waals surface area contributed by atoms with Gasteiger partial charge in [-0.25, -0.2) is 8.42 Å². The molecule has 41 heavy (non-hydrogen) atoms. The fourth-order valence-electron chi connectivity index (χ4n) is 4.60. The molecular weight excluding hydrogens is 574 g/mol. The Morgan fingerprint density at radius 2 is 1.73 bits per heavy atom. The fourth-order valence-corrected chi connectivity index (χ4v) is 5.24. The van der Waals surface area contributed by atoms with E-state index in [2.05, 4.69) is 32.1 Å². The number of piperidine rings is 1. The van der Waals surface area contributed by atoms with Gasteiger partial charge in [-0.3, -0.25) is 0 Å². The Balaban J connectivity index is 1.61. The van der Waals surface area contributed by atoms with Gasteiger partial charge in [0.25, 0.3) is 0 Å². The van der Waals surface area contributed by atoms with Crippen LogP contribution in [0.4, 0.5) is 37.7 Å². The fraction of sp³-hybridized carbons (Fsp3) is 0.407. The molecule has 0 aliphatic carbocycles. The molecule has 0 bridgehead atoms. The van der Waals surface area contributed by atoms with Crippen LogP contribution in [0.3, 0.4) is 0 Å². The molecular formula is C27H28F6N4O3S. The van der Waals surface area contributed by atoms with Gasteiger partial charge in [0.2, 0.25) is 0 Å². The van der Waals surface area contributed by atoms with E-state index in [1.165, 1.54) is 0 Å². The number of halogens is 6. The second kappa shape index (κ2) is 11.7. The van der Waals surface area contributed by atoms with Crippen LogP contribution in [0.2, 0.25) is 0 Å². The summed E-state index contributed by atoms with van der Waals surface area (Å²) in [5.41, 5.74) is 0.925. The van der Waals surface area contributed by atoms with E-state index in [1.807, 2.05) is 7.05 Å². The molecule has 1 aliphatic heterocycles. The number of fused-ring (bicyclic) bond motifs is 1. The van der Waals surface area contributed by atoms with Crippen molar-refractivity contribution in [1.82, 2.24) is 9.47 Å². The number of likely N-dealkylation sites (tertiary alicyclic amines) is 1. The van der Waals surface area contributed by atoms with Gasteiger partial charge in [-0.15, -0.1) is 13.2 Å². The number of ether oxygens (including phenoxy) is 1. The molecule has 1 saturated heterocycles. The molecule has 222 valence electrons. The smallest absolute Gasteiger partial charge is 0.404 e. The molecule has 1 aliphatic rings. The van der Waals surface area contributed by atoms with E-state index >= 15 is 0 Å². The molecule has 3 aromatic rings. The van der Waals surface area contributed by atoms with Gasteiger partial charge < -0.3 is 24.8 Å². The number of rotatable bonds is 7. The number of nitrogens with zero attached hydrogens (tertiary/aromatic N) is 2. The molecule has 0 atom stereocenters. The van der Waals surface area contributed by atoms with E-state index in [1.54, 1.807) is 24.3 Å². The van der Waals surface area contributed by atoms with Crippen LogP contribution >= 0.6 is 0 Å². The second-order valence-corrected chi connectivity index (χ2v) is 11.8. The first-order valence-electron chi connectivity index (χ1n) is 12.6. The lowest BCUT2D eigenvalue weighted by atomic mass is 10.0. The van der Waals surface area contributed by atoms with Gasteiger partial charge in [0.05, 0.1) is 28.3 Å². The Morgan fingerprint density at radius 1 is 1.02 bits per heavy atom. The van der Waals surface area contributed by atoms with Crippen LogP contribution in [0.15, 0.2) is 47.4 Å². The minimum Gasteiger partial charge on any atom is -0.404 e. The van der Waals surface area contributed by atoms with Crippen LogP contribution in [0, 0.1) is 11.8 Å². The van der Waals surface area contributed by atoms with E-state index in [9.17, 15) is 34.8 Å². The van der Waals surface area contributed by atoms with Gasteiger partial charge in [0.15, 0.2) is 15.6 Å². The summed E-state index contributed by atoms with van der Waals surface area (Å²) in [6, 6.07) is 9.73. The number of aromatic nitrogens is 1. The zero-order valence-corrected chi connectivity index (χ0v) is 23.0. The lowest BCUT2D eigenvalue weighted by Gasteiger charge is -2.30. The number of hydrogen-bond acceptors (Lipinski definition) is 6. The highest BCUT2D eigenvalue weighted by atomic mass is 32.2. The molecule has 1 aromatic heterocycles. The third-order valence-electron chi connectivity index (χ3n) is 6.55. The Bertz CT molecular complexity index is 1560. The van der Waals surface area contributed by atoms with E-state index in [0.29, 0.717) is 16.6 Å². The van der Waals surface area contributed by atoms with Crippen LogP contribution in [0.5, 0.6) is 5.75 Å². The Hall–Kier alpha value is -3.57. The van der Waals surface area contributed by atoms with Crippen molar-refractivity contribution in [1.29, 1.82) is 0 Å². The Labute approximate surface area is 233 Å². The third kappa shape index (κ3) is 8.23. The summed E-state index contributed by atoms with van der Waals surface area (Å²) in [6.45, 7) is 0.265. The first-order chi connectivity index (χ1) is 19.1. The Kier molecular flexibility index (Phi) is 8.70. The molecule has 0 saturated carbocycles. The highest BCUT2D eigenvalue weighted by molar-refractivity contribution is 7.90. The lowest BCUT2D eigenvalue weighted by Crippen LogP contribution is -2.36. The van der Waals surface area contributed by atoms with E-state index in [0.717, 1.165) is 55.0 Å². The van der Waals surface area contributed by atoms with E-state index in [-0.39, 0.29) is 28.9 Å². The van der Waals surface area contributed by atoms with Crippen molar-refractivity contribution in [2.45, 2.75) is 42.9 Å². The first kappa shape index (κ1) is 30.4. The average molecular weight is 603 g/mol. The van der Waals surface area contributed by atoms with Crippen molar-refractivity contribution in [3.63, 3.8) is 0 Å². The van der Waals surface area contributed by atoms with Crippen molar-refractivity contribution in [2.75, 3.05) is 43.6 Å². The van der Waals surface area contributed by atoms with Crippen molar-refractivity contribution in [3.8, 4) is 17.6 Å². The zero-order valence-electron chi connectivity index (χ0n) is 22.2. The van der Waals surface area contributed by atoms with Gasteiger partial charge in [0, 0.05) is 29.4 Å². The molecule has 7 nitrogen and oxygen atoms in total. The first-order valence-corrected chi connectivity index (χ1v) is 14.4. The van der Waals surface area contributed by atoms with Crippen molar-refractivity contribution in [3.05, 3.63) is 48.2 Å².